The lowest BCUT2D eigenvalue weighted by Crippen LogP contribution is -2.32. The lowest BCUT2D eigenvalue weighted by molar-refractivity contribution is 0.552. The van der Waals surface area contributed by atoms with Gasteiger partial charge in [-0.25, -0.2) is 4.39 Å². The number of nitrogens with one attached hydrogen (secondary N) is 1. The van der Waals surface area contributed by atoms with Crippen molar-refractivity contribution in [3.63, 3.8) is 0 Å². The van der Waals surface area contributed by atoms with Gasteiger partial charge in [0.05, 0.1) is 0 Å². The number of halogens is 1. The maximum Gasteiger partial charge on any atom is 0.126 e. The number of benzene rings is 1. The fourth-order valence-corrected chi connectivity index (χ4v) is 2.92. The Kier molecular flexibility index (Phi) is 5.26. The molecule has 0 radical (unpaired) electrons. The summed E-state index contributed by atoms with van der Waals surface area (Å²) >= 11 is 0. The van der Waals surface area contributed by atoms with Crippen molar-refractivity contribution in [2.75, 3.05) is 18.5 Å². The largest absolute Gasteiger partial charge is 0.371 e. The summed E-state index contributed by atoms with van der Waals surface area (Å²) in [5.74, 6) is 0.693. The topological polar surface area (TPSA) is 15.3 Å². The van der Waals surface area contributed by atoms with E-state index in [1.54, 1.807) is 6.07 Å². The molecule has 1 saturated carbocycles. The smallest absolute Gasteiger partial charge is 0.126 e. The van der Waals surface area contributed by atoms with Crippen LogP contribution in [0.1, 0.15) is 57.2 Å². The van der Waals surface area contributed by atoms with Gasteiger partial charge in [0.15, 0.2) is 0 Å². The first-order chi connectivity index (χ1) is 9.95. The van der Waals surface area contributed by atoms with Gasteiger partial charge in [0.25, 0.3) is 0 Å². The van der Waals surface area contributed by atoms with Gasteiger partial charge in [-0.05, 0) is 75.8 Å². The van der Waals surface area contributed by atoms with Crippen molar-refractivity contribution in [1.29, 1.82) is 0 Å². The van der Waals surface area contributed by atoms with Crippen LogP contribution in [0.4, 0.5) is 10.1 Å². The molecule has 1 aliphatic carbocycles. The highest BCUT2D eigenvalue weighted by atomic mass is 19.1. The molecule has 1 aromatic rings. The zero-order valence-electron chi connectivity index (χ0n) is 14.0. The number of hydrogen-bond donors (Lipinski definition) is 1. The Balaban J connectivity index is 2.30. The highest BCUT2D eigenvalue weighted by Crippen LogP contribution is 2.38. The molecule has 0 heterocycles. The van der Waals surface area contributed by atoms with E-state index in [1.165, 1.54) is 18.5 Å². The van der Waals surface area contributed by atoms with Crippen LogP contribution in [0.25, 0.3) is 0 Å². The zero-order valence-corrected chi connectivity index (χ0v) is 14.0. The van der Waals surface area contributed by atoms with Crippen LogP contribution in [-0.4, -0.2) is 19.6 Å². The van der Waals surface area contributed by atoms with E-state index in [0.29, 0.717) is 6.04 Å². The molecule has 3 heteroatoms. The van der Waals surface area contributed by atoms with Gasteiger partial charge in [0.2, 0.25) is 0 Å². The Morgan fingerprint density at radius 3 is 2.57 bits per heavy atom. The maximum absolute atomic E-state index is 14.0. The predicted molar refractivity (Wildman–Crippen MR) is 88.4 cm³/mol. The molecule has 2 nitrogen and oxygen atoms in total. The monoisotopic (exact) mass is 292 g/mol. The number of aryl methyl sites for hydroxylation is 1. The molecule has 0 aliphatic heterocycles. The van der Waals surface area contributed by atoms with Crippen LogP contribution < -0.4 is 10.2 Å². The van der Waals surface area contributed by atoms with Crippen LogP contribution in [0.3, 0.4) is 0 Å². The number of hydrogen-bond acceptors (Lipinski definition) is 2. The molecule has 0 amide bonds. The standard InChI is InChI=1S/C18H29FN2/c1-6-9-20-13(3)16-11-17(19)12(2)10-18(16)21(5)14(4)15-7-8-15/h10-11,13-15,20H,6-9H2,1-5H3. The molecule has 2 unspecified atom stereocenters. The molecule has 0 spiro atoms. The Hall–Kier alpha value is -1.09. The number of rotatable bonds is 7. The Morgan fingerprint density at radius 1 is 1.33 bits per heavy atom. The van der Waals surface area contributed by atoms with Crippen molar-refractivity contribution in [2.24, 2.45) is 5.92 Å². The molecule has 1 aliphatic rings. The summed E-state index contributed by atoms with van der Waals surface area (Å²) in [4.78, 5) is 2.34. The summed E-state index contributed by atoms with van der Waals surface area (Å²) in [7, 11) is 2.14. The minimum atomic E-state index is -0.105. The third kappa shape index (κ3) is 3.76. The first kappa shape index (κ1) is 16.3. The summed E-state index contributed by atoms with van der Waals surface area (Å²) in [5.41, 5.74) is 2.97. The molecule has 1 fully saturated rings. The average Bonchev–Trinajstić information content (AvgIpc) is 3.30. The number of nitrogens with zero attached hydrogens (tertiary/aromatic N) is 1. The minimum Gasteiger partial charge on any atom is -0.371 e. The average molecular weight is 292 g/mol. The van der Waals surface area contributed by atoms with Gasteiger partial charge < -0.3 is 10.2 Å². The fourth-order valence-electron chi connectivity index (χ4n) is 2.92. The molecule has 1 N–H and O–H groups in total. The van der Waals surface area contributed by atoms with E-state index in [4.69, 9.17) is 0 Å². The first-order valence-electron chi connectivity index (χ1n) is 8.22. The zero-order chi connectivity index (χ0) is 15.6. The van der Waals surface area contributed by atoms with Crippen LogP contribution in [0.2, 0.25) is 0 Å². The van der Waals surface area contributed by atoms with Crippen LogP contribution >= 0.6 is 0 Å². The van der Waals surface area contributed by atoms with Gasteiger partial charge in [-0.3, -0.25) is 0 Å². The van der Waals surface area contributed by atoms with Crippen LogP contribution in [-0.2, 0) is 0 Å². The van der Waals surface area contributed by atoms with Crippen molar-refractivity contribution < 1.29 is 4.39 Å². The molecule has 0 bridgehead atoms. The quantitative estimate of drug-likeness (QED) is 0.800. The third-order valence-electron chi connectivity index (χ3n) is 4.77. The molecule has 21 heavy (non-hydrogen) atoms. The van der Waals surface area contributed by atoms with E-state index < -0.39 is 0 Å². The van der Waals surface area contributed by atoms with Crippen molar-refractivity contribution in [1.82, 2.24) is 5.32 Å². The second kappa shape index (κ2) is 6.78. The van der Waals surface area contributed by atoms with Gasteiger partial charge in [-0.15, -0.1) is 0 Å². The van der Waals surface area contributed by atoms with Gasteiger partial charge in [-0.1, -0.05) is 6.92 Å². The first-order valence-corrected chi connectivity index (χ1v) is 8.22. The molecule has 2 rings (SSSR count). The summed E-state index contributed by atoms with van der Waals surface area (Å²) in [6.07, 6.45) is 3.73. The van der Waals surface area contributed by atoms with Gasteiger partial charge >= 0.3 is 0 Å². The van der Waals surface area contributed by atoms with Crippen molar-refractivity contribution in [3.8, 4) is 0 Å². The second-order valence-corrected chi connectivity index (χ2v) is 6.52. The molecule has 118 valence electrons. The highest BCUT2D eigenvalue weighted by molar-refractivity contribution is 5.57. The fraction of sp³-hybridized carbons (Fsp3) is 0.667. The Labute approximate surface area is 128 Å². The van der Waals surface area contributed by atoms with Crippen LogP contribution in [0.15, 0.2) is 12.1 Å². The Morgan fingerprint density at radius 2 is 2.00 bits per heavy atom. The van der Waals surface area contributed by atoms with E-state index in [1.807, 2.05) is 13.0 Å². The van der Waals surface area contributed by atoms with Crippen molar-refractivity contribution in [3.05, 3.63) is 29.1 Å². The normalized spacial score (nSPS) is 17.6. The summed E-state index contributed by atoms with van der Waals surface area (Å²) in [6.45, 7) is 9.36. The van der Waals surface area contributed by atoms with E-state index in [9.17, 15) is 4.39 Å². The van der Waals surface area contributed by atoms with Crippen molar-refractivity contribution >= 4 is 5.69 Å². The summed E-state index contributed by atoms with van der Waals surface area (Å²) in [6, 6.07) is 4.41. The van der Waals surface area contributed by atoms with E-state index in [2.05, 4.69) is 38.0 Å². The van der Waals surface area contributed by atoms with Gasteiger partial charge in [-0.2, -0.15) is 0 Å². The molecule has 2 atom stereocenters. The lowest BCUT2D eigenvalue weighted by atomic mass is 10.0. The molecular formula is C18H29FN2. The SMILES string of the molecule is CCCNC(C)c1cc(F)c(C)cc1N(C)C(C)C1CC1. The minimum absolute atomic E-state index is 0.105. The Bertz CT molecular complexity index is 482. The van der Waals surface area contributed by atoms with E-state index in [-0.39, 0.29) is 11.9 Å². The predicted octanol–water partition coefficient (Wildman–Crippen LogP) is 4.43. The van der Waals surface area contributed by atoms with Crippen molar-refractivity contribution in [2.45, 2.75) is 59.0 Å². The molecule has 0 aromatic heterocycles. The molecule has 1 aromatic carbocycles. The van der Waals surface area contributed by atoms with E-state index >= 15 is 0 Å². The molecular weight excluding hydrogens is 263 g/mol. The second-order valence-electron chi connectivity index (χ2n) is 6.52. The maximum atomic E-state index is 14.0. The van der Waals surface area contributed by atoms with Gasteiger partial charge in [0.1, 0.15) is 5.82 Å². The lowest BCUT2D eigenvalue weighted by Gasteiger charge is -2.31. The summed E-state index contributed by atoms with van der Waals surface area (Å²) in [5, 5.41) is 3.48. The highest BCUT2D eigenvalue weighted by Gasteiger charge is 2.31. The van der Waals surface area contributed by atoms with E-state index in [0.717, 1.165) is 30.0 Å². The number of anilines is 1. The third-order valence-corrected chi connectivity index (χ3v) is 4.77. The summed E-state index contributed by atoms with van der Waals surface area (Å²) < 4.78 is 14.0. The van der Waals surface area contributed by atoms with Crippen LogP contribution in [0, 0.1) is 18.7 Å². The van der Waals surface area contributed by atoms with Crippen LogP contribution in [0.5, 0.6) is 0 Å². The van der Waals surface area contributed by atoms with Gasteiger partial charge in [0, 0.05) is 24.8 Å². The molecule has 0 saturated heterocycles.